The van der Waals surface area contributed by atoms with Crippen LogP contribution in [-0.4, -0.2) is 23.5 Å². The summed E-state index contributed by atoms with van der Waals surface area (Å²) in [6, 6.07) is 6.59. The van der Waals surface area contributed by atoms with Gasteiger partial charge >= 0.3 is 5.97 Å². The summed E-state index contributed by atoms with van der Waals surface area (Å²) in [7, 11) is 0. The molecule has 0 atom stereocenters. The summed E-state index contributed by atoms with van der Waals surface area (Å²) in [4.78, 5) is 22.3. The fourth-order valence-electron chi connectivity index (χ4n) is 1.23. The van der Waals surface area contributed by atoms with Gasteiger partial charge in [0.05, 0.1) is 12.2 Å². The molecule has 0 aliphatic rings. The normalized spacial score (nSPS) is 11.0. The van der Waals surface area contributed by atoms with E-state index in [1.807, 2.05) is 0 Å². The van der Waals surface area contributed by atoms with E-state index in [0.29, 0.717) is 17.9 Å². The smallest absolute Gasteiger partial charge is 0.351 e. The number of benzene rings is 1. The molecule has 0 saturated heterocycles. The van der Waals surface area contributed by atoms with Crippen LogP contribution in [0.3, 0.4) is 0 Å². The number of hydrogen-bond donors (Lipinski definition) is 2. The van der Waals surface area contributed by atoms with Gasteiger partial charge in [-0.05, 0) is 19.1 Å². The largest absolute Gasteiger partial charge is 0.493 e. The molecule has 5 heteroatoms. The predicted octanol–water partition coefficient (Wildman–Crippen LogP) is 1.20. The number of ether oxygens (including phenoxy) is 1. The summed E-state index contributed by atoms with van der Waals surface area (Å²) in [5.41, 5.74) is 4.97. The first-order chi connectivity index (χ1) is 8.06. The van der Waals surface area contributed by atoms with Crippen LogP contribution in [-0.2, 0) is 4.79 Å². The molecular weight excluding hydrogens is 222 g/mol. The molecular formula is C12H13NO4. The SMILES string of the molecule is CCOc1ccccc1C(=O)C=C(N)C(=O)O. The number of carbonyl (C=O) groups excluding carboxylic acids is 1. The van der Waals surface area contributed by atoms with Crippen LogP contribution in [0.1, 0.15) is 17.3 Å². The number of rotatable bonds is 5. The second-order valence-corrected chi connectivity index (χ2v) is 3.20. The van der Waals surface area contributed by atoms with Gasteiger partial charge < -0.3 is 15.6 Å². The van der Waals surface area contributed by atoms with Crippen molar-refractivity contribution >= 4 is 11.8 Å². The monoisotopic (exact) mass is 235 g/mol. The van der Waals surface area contributed by atoms with E-state index in [1.165, 1.54) is 0 Å². The molecule has 0 radical (unpaired) electrons. The summed E-state index contributed by atoms with van der Waals surface area (Å²) in [6.45, 7) is 2.21. The molecule has 0 unspecified atom stereocenters. The number of carboxylic acids is 1. The van der Waals surface area contributed by atoms with Crippen LogP contribution >= 0.6 is 0 Å². The molecule has 0 aromatic heterocycles. The lowest BCUT2D eigenvalue weighted by atomic mass is 10.1. The highest BCUT2D eigenvalue weighted by Gasteiger charge is 2.12. The van der Waals surface area contributed by atoms with Crippen LogP contribution in [0.15, 0.2) is 36.0 Å². The molecule has 17 heavy (non-hydrogen) atoms. The number of ketones is 1. The van der Waals surface area contributed by atoms with Crippen molar-refractivity contribution in [2.45, 2.75) is 6.92 Å². The topological polar surface area (TPSA) is 89.6 Å². The fourth-order valence-corrected chi connectivity index (χ4v) is 1.23. The number of hydrogen-bond acceptors (Lipinski definition) is 4. The number of para-hydroxylation sites is 1. The lowest BCUT2D eigenvalue weighted by molar-refractivity contribution is -0.132. The van der Waals surface area contributed by atoms with Crippen molar-refractivity contribution < 1.29 is 19.4 Å². The fraction of sp³-hybridized carbons (Fsp3) is 0.167. The van der Waals surface area contributed by atoms with Gasteiger partial charge in [0, 0.05) is 6.08 Å². The molecule has 1 rings (SSSR count). The van der Waals surface area contributed by atoms with Gasteiger partial charge in [0.1, 0.15) is 11.4 Å². The highest BCUT2D eigenvalue weighted by Crippen LogP contribution is 2.19. The molecule has 0 aliphatic heterocycles. The molecule has 0 heterocycles. The highest BCUT2D eigenvalue weighted by atomic mass is 16.5. The second-order valence-electron chi connectivity index (χ2n) is 3.20. The predicted molar refractivity (Wildman–Crippen MR) is 61.8 cm³/mol. The zero-order chi connectivity index (χ0) is 12.8. The van der Waals surface area contributed by atoms with E-state index in [1.54, 1.807) is 31.2 Å². The van der Waals surface area contributed by atoms with Crippen molar-refractivity contribution in [1.29, 1.82) is 0 Å². The minimum Gasteiger partial charge on any atom is -0.493 e. The summed E-state index contributed by atoms with van der Waals surface area (Å²) < 4.78 is 5.26. The number of carbonyl (C=O) groups is 2. The second kappa shape index (κ2) is 5.69. The van der Waals surface area contributed by atoms with E-state index >= 15 is 0 Å². The Morgan fingerprint density at radius 2 is 2.06 bits per heavy atom. The van der Waals surface area contributed by atoms with Gasteiger partial charge in [-0.1, -0.05) is 12.1 Å². The standard InChI is InChI=1S/C12H13NO4/c1-2-17-11-6-4-3-5-8(11)10(14)7-9(13)12(15)16/h3-7H,2,13H2,1H3,(H,15,16). The average Bonchev–Trinajstić information content (AvgIpc) is 2.29. The van der Waals surface area contributed by atoms with E-state index in [4.69, 9.17) is 15.6 Å². The van der Waals surface area contributed by atoms with Crippen molar-refractivity contribution in [1.82, 2.24) is 0 Å². The molecule has 0 bridgehead atoms. The van der Waals surface area contributed by atoms with Crippen LogP contribution in [0.5, 0.6) is 5.75 Å². The Hall–Kier alpha value is -2.30. The van der Waals surface area contributed by atoms with Crippen molar-refractivity contribution in [2.24, 2.45) is 5.73 Å². The van der Waals surface area contributed by atoms with Gasteiger partial charge in [0.15, 0.2) is 5.78 Å². The maximum atomic E-state index is 11.8. The molecule has 90 valence electrons. The maximum absolute atomic E-state index is 11.8. The van der Waals surface area contributed by atoms with Gasteiger partial charge in [-0.3, -0.25) is 4.79 Å². The number of carboxylic acid groups (broad SMARTS) is 1. The number of aliphatic carboxylic acids is 1. The molecule has 0 aliphatic carbocycles. The Morgan fingerprint density at radius 1 is 1.41 bits per heavy atom. The summed E-state index contributed by atoms with van der Waals surface area (Å²) in [5, 5.41) is 8.57. The number of allylic oxidation sites excluding steroid dienone is 1. The highest BCUT2D eigenvalue weighted by molar-refractivity contribution is 6.09. The maximum Gasteiger partial charge on any atom is 0.351 e. The van der Waals surface area contributed by atoms with Gasteiger partial charge in [-0.15, -0.1) is 0 Å². The van der Waals surface area contributed by atoms with Crippen molar-refractivity contribution in [3.8, 4) is 5.75 Å². The molecule has 3 N–H and O–H groups in total. The Kier molecular flexibility index (Phi) is 4.28. The van der Waals surface area contributed by atoms with Gasteiger partial charge in [0.25, 0.3) is 0 Å². The summed E-state index contributed by atoms with van der Waals surface area (Å²) in [5.74, 6) is -1.41. The minimum absolute atomic E-state index is 0.290. The zero-order valence-electron chi connectivity index (χ0n) is 9.34. The summed E-state index contributed by atoms with van der Waals surface area (Å²) >= 11 is 0. The van der Waals surface area contributed by atoms with Crippen molar-refractivity contribution in [2.75, 3.05) is 6.61 Å². The molecule has 0 fully saturated rings. The average molecular weight is 235 g/mol. The van der Waals surface area contributed by atoms with E-state index in [0.717, 1.165) is 6.08 Å². The molecule has 0 spiro atoms. The Labute approximate surface area is 98.5 Å². The van der Waals surface area contributed by atoms with Gasteiger partial charge in [-0.2, -0.15) is 0 Å². The van der Waals surface area contributed by atoms with Crippen LogP contribution in [0.4, 0.5) is 0 Å². The summed E-state index contributed by atoms with van der Waals surface area (Å²) in [6.07, 6.45) is 0.875. The Bertz CT molecular complexity index is 465. The van der Waals surface area contributed by atoms with Gasteiger partial charge in [-0.25, -0.2) is 4.79 Å². The van der Waals surface area contributed by atoms with Gasteiger partial charge in [0.2, 0.25) is 0 Å². The molecule has 0 amide bonds. The molecule has 5 nitrogen and oxygen atoms in total. The van der Waals surface area contributed by atoms with Crippen LogP contribution in [0.2, 0.25) is 0 Å². The third-order valence-corrected chi connectivity index (χ3v) is 1.99. The van der Waals surface area contributed by atoms with Crippen molar-refractivity contribution in [3.63, 3.8) is 0 Å². The third-order valence-electron chi connectivity index (χ3n) is 1.99. The first kappa shape index (κ1) is 12.8. The zero-order valence-corrected chi connectivity index (χ0v) is 9.34. The van der Waals surface area contributed by atoms with E-state index in [2.05, 4.69) is 0 Å². The Balaban J connectivity index is 3.04. The van der Waals surface area contributed by atoms with E-state index < -0.39 is 17.4 Å². The molecule has 1 aromatic carbocycles. The van der Waals surface area contributed by atoms with Crippen molar-refractivity contribution in [3.05, 3.63) is 41.6 Å². The first-order valence-electron chi connectivity index (χ1n) is 5.03. The third kappa shape index (κ3) is 3.34. The lowest BCUT2D eigenvalue weighted by Gasteiger charge is -2.07. The van der Waals surface area contributed by atoms with E-state index in [9.17, 15) is 9.59 Å². The Morgan fingerprint density at radius 3 is 2.65 bits per heavy atom. The molecule has 1 aromatic rings. The quantitative estimate of drug-likeness (QED) is 0.591. The minimum atomic E-state index is -1.33. The van der Waals surface area contributed by atoms with Crippen LogP contribution < -0.4 is 10.5 Å². The van der Waals surface area contributed by atoms with Crippen LogP contribution in [0.25, 0.3) is 0 Å². The van der Waals surface area contributed by atoms with E-state index in [-0.39, 0.29) is 0 Å². The van der Waals surface area contributed by atoms with Crippen LogP contribution in [0, 0.1) is 0 Å². The first-order valence-corrected chi connectivity index (χ1v) is 5.03. The molecule has 0 saturated carbocycles. The number of nitrogens with two attached hydrogens (primary N) is 1. The lowest BCUT2D eigenvalue weighted by Crippen LogP contribution is -2.12.